The van der Waals surface area contributed by atoms with Crippen LogP contribution in [0.15, 0.2) is 54.6 Å². The van der Waals surface area contributed by atoms with Crippen molar-refractivity contribution in [1.29, 1.82) is 0 Å². The van der Waals surface area contributed by atoms with Gasteiger partial charge in [0.1, 0.15) is 24.4 Å². The Morgan fingerprint density at radius 1 is 0.964 bits per heavy atom. The molecule has 0 saturated heterocycles. The van der Waals surface area contributed by atoms with Crippen LogP contribution in [0.25, 0.3) is 32.9 Å². The van der Waals surface area contributed by atoms with Gasteiger partial charge >= 0.3 is 0 Å². The largest absolute Gasteiger partial charge is 0.545 e. The summed E-state index contributed by atoms with van der Waals surface area (Å²) in [5, 5.41) is 12.9. The van der Waals surface area contributed by atoms with Crippen LogP contribution in [0.1, 0.15) is 10.4 Å². The van der Waals surface area contributed by atoms with Gasteiger partial charge < -0.3 is 14.6 Å². The number of para-hydroxylation sites is 1. The molecule has 6 heteroatoms. The number of carbonyl (C=O) groups excluding carboxylic acids is 1. The van der Waals surface area contributed by atoms with Crippen molar-refractivity contribution in [2.24, 2.45) is 7.05 Å². The van der Waals surface area contributed by atoms with Crippen LogP contribution in [0.4, 0.5) is 8.78 Å². The molecule has 0 N–H and O–H groups in total. The van der Waals surface area contributed by atoms with Gasteiger partial charge in [-0.15, -0.1) is 0 Å². The zero-order chi connectivity index (χ0) is 20.0. The number of pyridine rings is 1. The van der Waals surface area contributed by atoms with Gasteiger partial charge in [-0.3, -0.25) is 0 Å². The molecule has 0 aliphatic heterocycles. The second-order valence-corrected chi connectivity index (χ2v) is 6.43. The van der Waals surface area contributed by atoms with Crippen molar-refractivity contribution < 1.29 is 28.0 Å². The third kappa shape index (κ3) is 2.65. The van der Waals surface area contributed by atoms with Gasteiger partial charge in [0.15, 0.2) is 0 Å². The summed E-state index contributed by atoms with van der Waals surface area (Å²) in [6.07, 6.45) is 0. The van der Waals surface area contributed by atoms with Crippen molar-refractivity contribution in [3.8, 4) is 16.9 Å². The Labute approximate surface area is 159 Å². The molecule has 0 aliphatic rings. The van der Waals surface area contributed by atoms with Gasteiger partial charge in [0.2, 0.25) is 11.0 Å². The standard InChI is InChI=1S/C22H15F2NO3/c1-25-18-6-4-3-5-14(18)21(22(26)27)16-10-15(20(28-2)11-19(16)25)13-8-7-12(23)9-17(13)24/h3-11H,1-2H3. The number of aryl methyl sites for hydroxylation is 1. The number of fused-ring (bicyclic) bond motifs is 2. The number of benzene rings is 3. The summed E-state index contributed by atoms with van der Waals surface area (Å²) in [6.45, 7) is 0. The third-order valence-electron chi connectivity index (χ3n) is 4.91. The highest BCUT2D eigenvalue weighted by molar-refractivity contribution is 6.12. The van der Waals surface area contributed by atoms with E-state index in [-0.39, 0.29) is 11.1 Å². The number of aromatic carboxylic acids is 1. The molecule has 4 nitrogen and oxygen atoms in total. The summed E-state index contributed by atoms with van der Waals surface area (Å²) in [7, 11) is 3.24. The number of carbonyl (C=O) groups is 1. The van der Waals surface area contributed by atoms with Crippen molar-refractivity contribution in [2.75, 3.05) is 7.11 Å². The van der Waals surface area contributed by atoms with Crippen LogP contribution in [0.3, 0.4) is 0 Å². The van der Waals surface area contributed by atoms with Crippen molar-refractivity contribution in [3.05, 3.63) is 71.8 Å². The number of carboxylic acid groups (broad SMARTS) is 1. The number of methoxy groups -OCH3 is 1. The molecule has 0 fully saturated rings. The Morgan fingerprint density at radius 2 is 1.71 bits per heavy atom. The molecule has 4 aromatic rings. The monoisotopic (exact) mass is 379 g/mol. The highest BCUT2D eigenvalue weighted by Gasteiger charge is 2.22. The van der Waals surface area contributed by atoms with E-state index in [1.807, 2.05) is 10.6 Å². The fourth-order valence-electron chi connectivity index (χ4n) is 3.61. The fourth-order valence-corrected chi connectivity index (χ4v) is 3.61. The zero-order valence-electron chi connectivity index (χ0n) is 15.1. The third-order valence-corrected chi connectivity index (χ3v) is 4.91. The minimum atomic E-state index is -1.34. The number of halogens is 2. The van der Waals surface area contributed by atoms with Gasteiger partial charge in [-0.25, -0.2) is 8.78 Å². The molecule has 3 aromatic carbocycles. The minimum Gasteiger partial charge on any atom is -0.545 e. The summed E-state index contributed by atoms with van der Waals surface area (Å²) >= 11 is 0. The van der Waals surface area contributed by atoms with Crippen LogP contribution in [-0.2, 0) is 7.05 Å². The second-order valence-electron chi connectivity index (χ2n) is 6.43. The zero-order valence-corrected chi connectivity index (χ0v) is 15.1. The van der Waals surface area contributed by atoms with Crippen molar-refractivity contribution in [1.82, 2.24) is 0 Å². The van der Waals surface area contributed by atoms with Gasteiger partial charge in [0.25, 0.3) is 0 Å². The van der Waals surface area contributed by atoms with Crippen LogP contribution < -0.4 is 14.4 Å². The van der Waals surface area contributed by atoms with Gasteiger partial charge in [-0.2, -0.15) is 4.57 Å². The molecule has 0 bridgehead atoms. The first-order chi connectivity index (χ1) is 13.4. The lowest BCUT2D eigenvalue weighted by atomic mass is 9.96. The average molecular weight is 379 g/mol. The molecule has 1 heterocycles. The SMILES string of the molecule is COc1cc2c(cc1-c1ccc(F)cc1F)c(C(=O)[O-])c1ccccc1[n+]2C. The molecule has 140 valence electrons. The van der Waals surface area contributed by atoms with Crippen molar-refractivity contribution in [3.63, 3.8) is 0 Å². The average Bonchev–Trinajstić information content (AvgIpc) is 2.67. The van der Waals surface area contributed by atoms with Gasteiger partial charge in [-0.1, -0.05) is 12.1 Å². The van der Waals surface area contributed by atoms with E-state index in [9.17, 15) is 18.7 Å². The van der Waals surface area contributed by atoms with E-state index >= 15 is 0 Å². The first-order valence-corrected chi connectivity index (χ1v) is 8.51. The quantitative estimate of drug-likeness (QED) is 0.406. The molecule has 1 aromatic heterocycles. The molecule has 0 unspecified atom stereocenters. The number of hydrogen-bond acceptors (Lipinski definition) is 3. The minimum absolute atomic E-state index is 0.00937. The van der Waals surface area contributed by atoms with E-state index in [1.54, 1.807) is 37.4 Å². The Kier molecular flexibility index (Phi) is 4.19. The maximum Gasteiger partial charge on any atom is 0.217 e. The fraction of sp³-hybridized carbons (Fsp3) is 0.0909. The van der Waals surface area contributed by atoms with Crippen LogP contribution in [-0.4, -0.2) is 13.1 Å². The summed E-state index contributed by atoms with van der Waals surface area (Å²) in [5.74, 6) is -2.46. The van der Waals surface area contributed by atoms with E-state index < -0.39 is 17.6 Å². The predicted molar refractivity (Wildman–Crippen MR) is 98.9 cm³/mol. The summed E-state index contributed by atoms with van der Waals surface area (Å²) in [6, 6.07) is 13.5. The lowest BCUT2D eigenvalue weighted by molar-refractivity contribution is -0.617. The molecular weight excluding hydrogens is 364 g/mol. The number of nitrogens with zero attached hydrogens (tertiary/aromatic N) is 1. The first kappa shape index (κ1) is 17.9. The van der Waals surface area contributed by atoms with E-state index in [0.717, 1.165) is 12.1 Å². The predicted octanol–water partition coefficient (Wildman–Crippen LogP) is 3.13. The Balaban J connectivity index is 2.18. The summed E-state index contributed by atoms with van der Waals surface area (Å²) in [5.41, 5.74) is 1.73. The van der Waals surface area contributed by atoms with Gasteiger partial charge in [0, 0.05) is 28.8 Å². The smallest absolute Gasteiger partial charge is 0.217 e. The number of hydrogen-bond donors (Lipinski definition) is 0. The highest BCUT2D eigenvalue weighted by atomic mass is 19.1. The molecule has 0 atom stereocenters. The van der Waals surface area contributed by atoms with Gasteiger partial charge in [0.05, 0.1) is 29.9 Å². The van der Waals surface area contributed by atoms with Crippen molar-refractivity contribution >= 4 is 27.8 Å². The van der Waals surface area contributed by atoms with E-state index in [4.69, 9.17) is 4.74 Å². The molecule has 28 heavy (non-hydrogen) atoms. The van der Waals surface area contributed by atoms with E-state index in [0.29, 0.717) is 33.1 Å². The van der Waals surface area contributed by atoms with Crippen molar-refractivity contribution in [2.45, 2.75) is 0 Å². The number of ether oxygens (including phenoxy) is 1. The highest BCUT2D eigenvalue weighted by Crippen LogP contribution is 2.37. The van der Waals surface area contributed by atoms with Crippen LogP contribution >= 0.6 is 0 Å². The van der Waals surface area contributed by atoms with Crippen LogP contribution in [0.5, 0.6) is 5.75 Å². The second kappa shape index (κ2) is 6.56. The molecule has 0 aliphatic carbocycles. The number of carboxylic acids is 1. The Morgan fingerprint density at radius 3 is 2.39 bits per heavy atom. The molecule has 4 rings (SSSR count). The molecule has 0 amide bonds. The first-order valence-electron chi connectivity index (χ1n) is 8.51. The molecule has 0 saturated carbocycles. The summed E-state index contributed by atoms with van der Waals surface area (Å²) < 4.78 is 35.0. The van der Waals surface area contributed by atoms with E-state index in [2.05, 4.69) is 0 Å². The lowest BCUT2D eigenvalue weighted by Gasteiger charge is -2.15. The number of rotatable bonds is 3. The Bertz CT molecular complexity index is 1270. The normalized spacial score (nSPS) is 11.1. The maximum atomic E-state index is 14.4. The van der Waals surface area contributed by atoms with Gasteiger partial charge in [-0.05, 0) is 24.3 Å². The van der Waals surface area contributed by atoms with Crippen LogP contribution in [0, 0.1) is 11.6 Å². The Hall–Kier alpha value is -3.54. The summed E-state index contributed by atoms with van der Waals surface area (Å²) in [4.78, 5) is 12.0. The van der Waals surface area contributed by atoms with E-state index in [1.165, 1.54) is 13.2 Å². The molecular formula is C22H15F2NO3. The lowest BCUT2D eigenvalue weighted by Crippen LogP contribution is -2.33. The molecule has 0 radical (unpaired) electrons. The maximum absolute atomic E-state index is 14.4. The molecule has 0 spiro atoms. The topological polar surface area (TPSA) is 53.2 Å². The number of aromatic nitrogens is 1. The van der Waals surface area contributed by atoms with Crippen LogP contribution in [0.2, 0.25) is 0 Å².